The van der Waals surface area contributed by atoms with Gasteiger partial charge in [-0.2, -0.15) is 0 Å². The minimum atomic E-state index is -0.781. The second-order valence-corrected chi connectivity index (χ2v) is 5.67. The van der Waals surface area contributed by atoms with Gasteiger partial charge in [0.2, 0.25) is 0 Å². The van der Waals surface area contributed by atoms with E-state index >= 15 is 0 Å². The summed E-state index contributed by atoms with van der Waals surface area (Å²) >= 11 is 0. The molecule has 1 rings (SSSR count). The Balaban J connectivity index is 2.46. The van der Waals surface area contributed by atoms with E-state index in [1.54, 1.807) is 20.8 Å². The van der Waals surface area contributed by atoms with Crippen molar-refractivity contribution in [2.45, 2.75) is 38.8 Å². The van der Waals surface area contributed by atoms with Gasteiger partial charge in [-0.15, -0.1) is 0 Å². The van der Waals surface area contributed by atoms with Gasteiger partial charge in [-0.1, -0.05) is 11.8 Å². The van der Waals surface area contributed by atoms with E-state index < -0.39 is 18.0 Å². The Bertz CT molecular complexity index is 1410. The third-order valence-corrected chi connectivity index (χ3v) is 2.89. The van der Waals surface area contributed by atoms with Gasteiger partial charge in [-0.25, -0.2) is 0 Å². The molecular formula is C29H14O3. The smallest absolute Gasteiger partial charge is 0.165 e. The summed E-state index contributed by atoms with van der Waals surface area (Å²) in [5.74, 6) is 55.1. The molecule has 3 heteroatoms. The summed E-state index contributed by atoms with van der Waals surface area (Å²) in [5.41, 5.74) is 0. The van der Waals surface area contributed by atoms with Crippen LogP contribution in [0.15, 0.2) is 0 Å². The molecule has 0 aromatic carbocycles. The zero-order valence-corrected chi connectivity index (χ0v) is 17.6. The van der Waals surface area contributed by atoms with Crippen LogP contribution in [0.3, 0.4) is 0 Å². The zero-order chi connectivity index (χ0) is 23.3. The van der Waals surface area contributed by atoms with Crippen LogP contribution in [0.25, 0.3) is 0 Å². The number of hydrogen-bond acceptors (Lipinski definition) is 3. The summed E-state index contributed by atoms with van der Waals surface area (Å²) in [6.45, 7) is 5.02. The van der Waals surface area contributed by atoms with E-state index in [0.717, 1.165) is 0 Å². The Labute approximate surface area is 190 Å². The predicted octanol–water partition coefficient (Wildman–Crippen LogP) is 0.556. The first-order valence-corrected chi connectivity index (χ1v) is 8.98. The Hall–Kier alpha value is -4.96. The maximum absolute atomic E-state index is 9.25. The minimum absolute atomic E-state index is 0.182. The van der Waals surface area contributed by atoms with E-state index in [2.05, 4.69) is 130 Å². The number of rotatable bonds is 1. The lowest BCUT2D eigenvalue weighted by Gasteiger charge is -2.15. The molecule has 0 saturated carbocycles. The van der Waals surface area contributed by atoms with Crippen LogP contribution < -0.4 is 0 Å². The van der Waals surface area contributed by atoms with E-state index in [-0.39, 0.29) is 6.61 Å². The van der Waals surface area contributed by atoms with E-state index in [1.165, 1.54) is 0 Å². The maximum Gasteiger partial charge on any atom is 0.165 e. The van der Waals surface area contributed by atoms with Crippen LogP contribution in [0.4, 0.5) is 0 Å². The number of aliphatic hydroxyl groups is 1. The van der Waals surface area contributed by atoms with Gasteiger partial charge in [0, 0.05) is 23.7 Å². The van der Waals surface area contributed by atoms with Crippen molar-refractivity contribution in [3.05, 3.63) is 0 Å². The maximum atomic E-state index is 9.25. The molecule has 1 N–H and O–H groups in total. The highest BCUT2D eigenvalue weighted by atomic mass is 16.8. The van der Waals surface area contributed by atoms with E-state index in [4.69, 9.17) is 9.47 Å². The summed E-state index contributed by atoms with van der Waals surface area (Å²) in [7, 11) is 0. The molecule has 2 atom stereocenters. The number of ether oxygens (including phenoxy) is 2. The van der Waals surface area contributed by atoms with Crippen molar-refractivity contribution in [3.63, 3.8) is 0 Å². The largest absolute Gasteiger partial charge is 0.394 e. The SMILES string of the molecule is CC#CC#CC#CC#CC#CC#CC#CC#CC#CC#CC#C[C@H]1OC(C)(C)O[C@H]1CO. The lowest BCUT2D eigenvalue weighted by Crippen LogP contribution is -2.25. The molecule has 32 heavy (non-hydrogen) atoms. The van der Waals surface area contributed by atoms with E-state index in [0.29, 0.717) is 0 Å². The van der Waals surface area contributed by atoms with Gasteiger partial charge in [0.05, 0.1) is 6.61 Å². The number of aliphatic hydroxyl groups excluding tert-OH is 1. The highest BCUT2D eigenvalue weighted by Gasteiger charge is 2.39. The Morgan fingerprint density at radius 1 is 0.562 bits per heavy atom. The first-order chi connectivity index (χ1) is 15.6. The second-order valence-electron chi connectivity index (χ2n) is 5.67. The summed E-state index contributed by atoms with van der Waals surface area (Å²) in [5, 5.41) is 9.25. The van der Waals surface area contributed by atoms with Crippen LogP contribution in [-0.4, -0.2) is 29.7 Å². The molecule has 3 nitrogen and oxygen atoms in total. The van der Waals surface area contributed by atoms with E-state index in [1.807, 2.05) is 0 Å². The molecule has 0 aliphatic carbocycles. The molecule has 1 heterocycles. The first kappa shape index (κ1) is 25.1. The normalized spacial score (nSPS) is 14.8. The van der Waals surface area contributed by atoms with Crippen molar-refractivity contribution in [1.82, 2.24) is 0 Å². The van der Waals surface area contributed by atoms with Crippen LogP contribution in [-0.2, 0) is 9.47 Å². The highest BCUT2D eigenvalue weighted by molar-refractivity contribution is 5.47. The second kappa shape index (κ2) is 15.9. The standard InChI is InChI=1S/C29H14O3/c1-4-5-6-7-8-9-10-11-12-13-14-15-16-17-18-19-20-21-22-23-24-25-27-28(26-30)32-29(2,3)31-27/h27-28,30H,26H2,1-3H3/t27-,28+/m1/s1. The molecule has 1 fully saturated rings. The third kappa shape index (κ3) is 12.5. The topological polar surface area (TPSA) is 38.7 Å². The predicted molar refractivity (Wildman–Crippen MR) is 122 cm³/mol. The Kier molecular flexibility index (Phi) is 12.5. The van der Waals surface area contributed by atoms with Crippen molar-refractivity contribution in [2.24, 2.45) is 0 Å². The molecule has 0 radical (unpaired) electrons. The third-order valence-electron chi connectivity index (χ3n) is 2.89. The van der Waals surface area contributed by atoms with Crippen LogP contribution in [0, 0.1) is 130 Å². The van der Waals surface area contributed by atoms with E-state index in [9.17, 15) is 5.11 Å². The average molecular weight is 410 g/mol. The van der Waals surface area contributed by atoms with Crippen LogP contribution in [0.1, 0.15) is 20.8 Å². The summed E-state index contributed by atoms with van der Waals surface area (Å²) in [6, 6.07) is 0. The molecule has 0 unspecified atom stereocenters. The average Bonchev–Trinajstić information content (AvgIpc) is 3.08. The van der Waals surface area contributed by atoms with Crippen molar-refractivity contribution in [2.75, 3.05) is 6.61 Å². The van der Waals surface area contributed by atoms with Gasteiger partial charge in [-0.3, -0.25) is 0 Å². The van der Waals surface area contributed by atoms with Gasteiger partial charge in [0.15, 0.2) is 11.9 Å². The lowest BCUT2D eigenvalue weighted by molar-refractivity contribution is -0.145. The molecule has 0 aromatic heterocycles. The first-order valence-electron chi connectivity index (χ1n) is 8.98. The molecular weight excluding hydrogens is 396 g/mol. The fourth-order valence-electron chi connectivity index (χ4n) is 1.82. The summed E-state index contributed by atoms with van der Waals surface area (Å²) in [6.07, 6.45) is -1.03. The van der Waals surface area contributed by atoms with Crippen LogP contribution >= 0.6 is 0 Å². The number of hydrogen-bond donors (Lipinski definition) is 1. The molecule has 148 valence electrons. The molecule has 1 aliphatic rings. The Morgan fingerprint density at radius 3 is 1.25 bits per heavy atom. The highest BCUT2D eigenvalue weighted by Crippen LogP contribution is 2.27. The van der Waals surface area contributed by atoms with Crippen molar-refractivity contribution in [3.8, 4) is 130 Å². The quantitative estimate of drug-likeness (QED) is 0.642. The van der Waals surface area contributed by atoms with Gasteiger partial charge >= 0.3 is 0 Å². The zero-order valence-electron chi connectivity index (χ0n) is 17.6. The van der Waals surface area contributed by atoms with Gasteiger partial charge < -0.3 is 14.6 Å². The van der Waals surface area contributed by atoms with Crippen LogP contribution in [0.2, 0.25) is 0 Å². The molecule has 0 aromatic rings. The fraction of sp³-hybridized carbons (Fsp3) is 0.241. The van der Waals surface area contributed by atoms with Gasteiger partial charge in [0.1, 0.15) is 6.10 Å². The fourth-order valence-corrected chi connectivity index (χ4v) is 1.82. The molecule has 0 amide bonds. The lowest BCUT2D eigenvalue weighted by atomic mass is 10.2. The Morgan fingerprint density at radius 2 is 0.906 bits per heavy atom. The molecule has 0 spiro atoms. The molecule has 1 aliphatic heterocycles. The van der Waals surface area contributed by atoms with Crippen molar-refractivity contribution < 1.29 is 14.6 Å². The van der Waals surface area contributed by atoms with Gasteiger partial charge in [0.25, 0.3) is 0 Å². The summed E-state index contributed by atoms with van der Waals surface area (Å²) < 4.78 is 11.1. The van der Waals surface area contributed by atoms with Gasteiger partial charge in [-0.05, 0) is 115 Å². The summed E-state index contributed by atoms with van der Waals surface area (Å²) in [4.78, 5) is 0. The monoisotopic (exact) mass is 410 g/mol. The van der Waals surface area contributed by atoms with Crippen molar-refractivity contribution in [1.29, 1.82) is 0 Å². The van der Waals surface area contributed by atoms with Crippen molar-refractivity contribution >= 4 is 0 Å². The molecule has 1 saturated heterocycles. The minimum Gasteiger partial charge on any atom is -0.394 e. The van der Waals surface area contributed by atoms with Crippen LogP contribution in [0.5, 0.6) is 0 Å². The molecule has 0 bridgehead atoms.